The molecule has 396 valence electrons. The van der Waals surface area contributed by atoms with Gasteiger partial charge in [0.2, 0.25) is 5.91 Å². The highest BCUT2D eigenvalue weighted by molar-refractivity contribution is 5.76. The minimum atomic E-state index is -0.848. The SMILES string of the molecule is CCCCCC/C=C\CCCCCCCC(=O)OCCCCCCCCCCCCCCCCCCCCC(=O)NC(CO)C(O)/C=C/CCCCCCCCCCCCCCCCCCC. The second kappa shape index (κ2) is 56.9. The summed E-state index contributed by atoms with van der Waals surface area (Å²) in [5.74, 6) is -0.0720. The van der Waals surface area contributed by atoms with Crippen molar-refractivity contribution in [2.75, 3.05) is 13.2 Å². The molecule has 0 radical (unpaired) electrons. The maximum Gasteiger partial charge on any atom is 0.305 e. The molecule has 0 bridgehead atoms. The number of hydrogen-bond acceptors (Lipinski definition) is 5. The summed E-state index contributed by atoms with van der Waals surface area (Å²) in [6.45, 7) is 4.90. The van der Waals surface area contributed by atoms with Crippen molar-refractivity contribution in [1.29, 1.82) is 0 Å². The van der Waals surface area contributed by atoms with Crippen LogP contribution in [0, 0.1) is 0 Å². The van der Waals surface area contributed by atoms with Gasteiger partial charge in [-0.05, 0) is 57.8 Å². The van der Waals surface area contributed by atoms with Crippen molar-refractivity contribution in [2.45, 2.75) is 341 Å². The second-order valence-electron chi connectivity index (χ2n) is 20.7. The van der Waals surface area contributed by atoms with Crippen LogP contribution in [0.4, 0.5) is 0 Å². The number of esters is 1. The molecule has 0 spiro atoms. The molecule has 0 saturated heterocycles. The molecule has 0 aromatic carbocycles. The molecular weight excluding hydrogens is 827 g/mol. The van der Waals surface area contributed by atoms with E-state index in [9.17, 15) is 19.8 Å². The van der Waals surface area contributed by atoms with Gasteiger partial charge in [0.05, 0.1) is 25.4 Å². The maximum absolute atomic E-state index is 12.5. The molecule has 0 aliphatic carbocycles. The van der Waals surface area contributed by atoms with Gasteiger partial charge in [-0.1, -0.05) is 282 Å². The highest BCUT2D eigenvalue weighted by Gasteiger charge is 2.18. The molecule has 6 heteroatoms. The number of carbonyl (C=O) groups is 2. The average Bonchev–Trinajstić information content (AvgIpc) is 3.33. The lowest BCUT2D eigenvalue weighted by atomic mass is 10.0. The molecule has 3 N–H and O–H groups in total. The summed E-state index contributed by atoms with van der Waals surface area (Å²) >= 11 is 0. The number of rotatable bonds is 56. The van der Waals surface area contributed by atoms with Crippen LogP contribution in [-0.2, 0) is 14.3 Å². The second-order valence-corrected chi connectivity index (χ2v) is 20.7. The molecule has 0 aromatic heterocycles. The number of aliphatic hydroxyl groups excluding tert-OH is 2. The van der Waals surface area contributed by atoms with Crippen LogP contribution < -0.4 is 5.32 Å². The summed E-state index contributed by atoms with van der Waals surface area (Å²) < 4.78 is 5.47. The van der Waals surface area contributed by atoms with Crippen molar-refractivity contribution in [3.05, 3.63) is 24.3 Å². The van der Waals surface area contributed by atoms with Crippen LogP contribution in [0.25, 0.3) is 0 Å². The van der Waals surface area contributed by atoms with E-state index in [1.165, 1.54) is 257 Å². The van der Waals surface area contributed by atoms with E-state index < -0.39 is 12.1 Å². The van der Waals surface area contributed by atoms with E-state index in [1.807, 2.05) is 6.08 Å². The van der Waals surface area contributed by atoms with Gasteiger partial charge in [-0.25, -0.2) is 0 Å². The first-order valence-electron chi connectivity index (χ1n) is 30.1. The number of amides is 1. The summed E-state index contributed by atoms with van der Waals surface area (Å²) in [7, 11) is 0. The van der Waals surface area contributed by atoms with E-state index in [-0.39, 0.29) is 18.5 Å². The van der Waals surface area contributed by atoms with Crippen LogP contribution in [0.3, 0.4) is 0 Å². The summed E-state index contributed by atoms with van der Waals surface area (Å²) in [5, 5.41) is 23.2. The molecule has 0 rings (SSSR count). The van der Waals surface area contributed by atoms with Gasteiger partial charge in [0.15, 0.2) is 0 Å². The minimum Gasteiger partial charge on any atom is -0.466 e. The Morgan fingerprint density at radius 2 is 0.701 bits per heavy atom. The molecule has 0 aliphatic rings. The van der Waals surface area contributed by atoms with Crippen LogP contribution in [0.15, 0.2) is 24.3 Å². The number of nitrogens with one attached hydrogen (secondary N) is 1. The summed E-state index contributed by atoms with van der Waals surface area (Å²) in [5.41, 5.74) is 0. The maximum atomic E-state index is 12.5. The Bertz CT molecular complexity index is 1040. The molecule has 2 atom stereocenters. The number of carbonyl (C=O) groups excluding carboxylic acids is 2. The average molecular weight is 945 g/mol. The van der Waals surface area contributed by atoms with E-state index in [1.54, 1.807) is 6.08 Å². The summed E-state index contributed by atoms with van der Waals surface area (Å²) in [6.07, 6.45) is 69.2. The smallest absolute Gasteiger partial charge is 0.305 e. The van der Waals surface area contributed by atoms with Crippen molar-refractivity contribution in [3.63, 3.8) is 0 Å². The number of unbranched alkanes of at least 4 members (excludes halogenated alkanes) is 43. The van der Waals surface area contributed by atoms with Gasteiger partial charge in [-0.2, -0.15) is 0 Å². The molecule has 0 aliphatic heterocycles. The first-order chi connectivity index (χ1) is 33.0. The number of allylic oxidation sites excluding steroid dienone is 3. The highest BCUT2D eigenvalue weighted by Crippen LogP contribution is 2.17. The molecule has 0 heterocycles. The molecule has 0 fully saturated rings. The number of ether oxygens (including phenoxy) is 1. The fourth-order valence-corrected chi connectivity index (χ4v) is 9.34. The predicted octanol–water partition coefficient (Wildman–Crippen LogP) is 18.6. The largest absolute Gasteiger partial charge is 0.466 e. The normalized spacial score (nSPS) is 12.7. The lowest BCUT2D eigenvalue weighted by Gasteiger charge is -2.20. The fourth-order valence-electron chi connectivity index (χ4n) is 9.34. The molecule has 2 unspecified atom stereocenters. The van der Waals surface area contributed by atoms with Gasteiger partial charge in [0, 0.05) is 12.8 Å². The van der Waals surface area contributed by atoms with E-state index >= 15 is 0 Å². The Morgan fingerprint density at radius 1 is 0.403 bits per heavy atom. The predicted molar refractivity (Wildman–Crippen MR) is 292 cm³/mol. The Balaban J connectivity index is 3.44. The van der Waals surface area contributed by atoms with Crippen molar-refractivity contribution in [3.8, 4) is 0 Å². The lowest BCUT2D eigenvalue weighted by molar-refractivity contribution is -0.143. The monoisotopic (exact) mass is 944 g/mol. The summed E-state index contributed by atoms with van der Waals surface area (Å²) in [6, 6.07) is -0.631. The van der Waals surface area contributed by atoms with Gasteiger partial charge in [0.25, 0.3) is 0 Å². The van der Waals surface area contributed by atoms with Crippen molar-refractivity contribution in [1.82, 2.24) is 5.32 Å². The van der Waals surface area contributed by atoms with Crippen LogP contribution >= 0.6 is 0 Å². The third kappa shape index (κ3) is 53.5. The topological polar surface area (TPSA) is 95.9 Å². The minimum absolute atomic E-state index is 0.00241. The van der Waals surface area contributed by atoms with Gasteiger partial charge in [-0.15, -0.1) is 0 Å². The molecule has 0 aromatic rings. The third-order valence-electron chi connectivity index (χ3n) is 14.0. The fraction of sp³-hybridized carbons (Fsp3) is 0.902. The van der Waals surface area contributed by atoms with Crippen molar-refractivity contribution in [2.24, 2.45) is 0 Å². The standard InChI is InChI=1S/C61H117NO5/c1-3-5-7-9-11-13-15-17-18-19-20-23-26-30-33-37-41-45-49-53-59(64)58(57-63)62-60(65)54-50-46-42-38-34-31-27-24-21-22-25-28-32-36-40-44-48-52-56-67-61(66)55-51-47-43-39-35-29-16-14-12-10-8-6-4-2/h14,16,49,53,58-59,63-64H,3-13,15,17-48,50-52,54-57H2,1-2H3,(H,62,65)/b16-14-,53-49+. The van der Waals surface area contributed by atoms with Gasteiger partial charge in [-0.3, -0.25) is 9.59 Å². The van der Waals surface area contributed by atoms with Gasteiger partial charge >= 0.3 is 5.97 Å². The van der Waals surface area contributed by atoms with Gasteiger partial charge < -0.3 is 20.3 Å². The Hall–Kier alpha value is -1.66. The van der Waals surface area contributed by atoms with E-state index in [2.05, 4.69) is 31.3 Å². The molecule has 67 heavy (non-hydrogen) atoms. The highest BCUT2D eigenvalue weighted by atomic mass is 16.5. The van der Waals surface area contributed by atoms with E-state index in [4.69, 9.17) is 4.74 Å². The van der Waals surface area contributed by atoms with Crippen LogP contribution in [0.5, 0.6) is 0 Å². The first-order valence-corrected chi connectivity index (χ1v) is 30.1. The molecular formula is C61H117NO5. The molecule has 0 saturated carbocycles. The van der Waals surface area contributed by atoms with Crippen molar-refractivity contribution >= 4 is 11.9 Å². The van der Waals surface area contributed by atoms with E-state index in [0.717, 1.165) is 44.9 Å². The first kappa shape index (κ1) is 65.3. The quantitative estimate of drug-likeness (QED) is 0.0321. The van der Waals surface area contributed by atoms with Crippen LogP contribution in [-0.4, -0.2) is 47.4 Å². The van der Waals surface area contributed by atoms with Crippen LogP contribution in [0.2, 0.25) is 0 Å². The third-order valence-corrected chi connectivity index (χ3v) is 14.0. The zero-order valence-corrected chi connectivity index (χ0v) is 45.1. The van der Waals surface area contributed by atoms with E-state index in [0.29, 0.717) is 19.4 Å². The van der Waals surface area contributed by atoms with Gasteiger partial charge in [0.1, 0.15) is 0 Å². The number of aliphatic hydroxyl groups is 2. The molecule has 1 amide bonds. The van der Waals surface area contributed by atoms with Crippen LogP contribution in [0.1, 0.15) is 328 Å². The molecule has 6 nitrogen and oxygen atoms in total. The Kier molecular flexibility index (Phi) is 55.5. The lowest BCUT2D eigenvalue weighted by Crippen LogP contribution is -2.45. The Morgan fingerprint density at radius 3 is 1.07 bits per heavy atom. The zero-order chi connectivity index (χ0) is 48.6. The zero-order valence-electron chi connectivity index (χ0n) is 45.1. The van der Waals surface area contributed by atoms with Crippen molar-refractivity contribution < 1.29 is 24.5 Å². The number of hydrogen-bond donors (Lipinski definition) is 3. The summed E-state index contributed by atoms with van der Waals surface area (Å²) in [4.78, 5) is 24.5. The Labute approximate surface area is 418 Å².